The topological polar surface area (TPSA) is 50.4 Å². The van der Waals surface area contributed by atoms with Crippen molar-refractivity contribution >= 4 is 45.3 Å². The molecule has 142 valence electrons. The van der Waals surface area contributed by atoms with Gasteiger partial charge in [-0.25, -0.2) is 4.79 Å². The number of carbonyl (C=O) groups excluding carboxylic acids is 1. The van der Waals surface area contributed by atoms with Crippen LogP contribution in [0.4, 0.5) is 10.7 Å². The predicted octanol–water partition coefficient (Wildman–Crippen LogP) is 5.50. The number of aryl methyl sites for hydroxylation is 2. The Hall–Kier alpha value is -2.70. The van der Waals surface area contributed by atoms with E-state index in [1.807, 2.05) is 42.5 Å². The molecule has 0 amide bonds. The number of anilines is 2. The molecule has 0 saturated heterocycles. The SMILES string of the molecule is COC(=O)c1cc(-c2ccccc2)sc1NC(=S)Nc1ccc2c(c1)CCC2. The van der Waals surface area contributed by atoms with Crippen molar-refractivity contribution in [2.75, 3.05) is 17.7 Å². The first-order valence-corrected chi connectivity index (χ1v) is 10.3. The van der Waals surface area contributed by atoms with Crippen LogP contribution in [0.3, 0.4) is 0 Å². The second-order valence-corrected chi connectivity index (χ2v) is 8.09. The number of esters is 1. The van der Waals surface area contributed by atoms with E-state index in [0.29, 0.717) is 15.7 Å². The summed E-state index contributed by atoms with van der Waals surface area (Å²) in [6, 6.07) is 18.1. The maximum absolute atomic E-state index is 12.2. The molecule has 4 nitrogen and oxygen atoms in total. The Balaban J connectivity index is 1.55. The number of nitrogens with one attached hydrogen (secondary N) is 2. The zero-order valence-electron chi connectivity index (χ0n) is 15.5. The Morgan fingerprint density at radius 1 is 1.04 bits per heavy atom. The number of methoxy groups -OCH3 is 1. The van der Waals surface area contributed by atoms with Crippen molar-refractivity contribution in [2.45, 2.75) is 19.3 Å². The Morgan fingerprint density at radius 2 is 1.82 bits per heavy atom. The summed E-state index contributed by atoms with van der Waals surface area (Å²) >= 11 is 6.96. The second-order valence-electron chi connectivity index (χ2n) is 6.63. The van der Waals surface area contributed by atoms with E-state index in [2.05, 4.69) is 22.8 Å². The maximum Gasteiger partial charge on any atom is 0.340 e. The van der Waals surface area contributed by atoms with Gasteiger partial charge in [-0.15, -0.1) is 11.3 Å². The molecule has 0 atom stereocenters. The van der Waals surface area contributed by atoms with Crippen LogP contribution in [-0.2, 0) is 17.6 Å². The van der Waals surface area contributed by atoms with Gasteiger partial charge >= 0.3 is 5.97 Å². The molecule has 1 aliphatic carbocycles. The largest absolute Gasteiger partial charge is 0.465 e. The summed E-state index contributed by atoms with van der Waals surface area (Å²) in [4.78, 5) is 13.2. The quantitative estimate of drug-likeness (QED) is 0.441. The van der Waals surface area contributed by atoms with E-state index in [1.165, 1.54) is 36.0 Å². The molecule has 1 aromatic heterocycles. The number of ether oxygens (including phenoxy) is 1. The Kier molecular flexibility index (Phi) is 5.41. The minimum absolute atomic E-state index is 0.388. The summed E-state index contributed by atoms with van der Waals surface area (Å²) in [5.41, 5.74) is 5.28. The molecule has 0 radical (unpaired) electrons. The number of rotatable bonds is 4. The van der Waals surface area contributed by atoms with E-state index >= 15 is 0 Å². The van der Waals surface area contributed by atoms with Gasteiger partial charge in [0, 0.05) is 10.6 Å². The standard InChI is InChI=1S/C22H20N2O2S2/c1-26-21(25)18-13-19(15-6-3-2-4-7-15)28-20(18)24-22(27)23-17-11-10-14-8-5-9-16(14)12-17/h2-4,6-7,10-13H,5,8-9H2,1H3,(H2,23,24,27). The monoisotopic (exact) mass is 408 g/mol. The first-order valence-electron chi connectivity index (χ1n) is 9.11. The highest BCUT2D eigenvalue weighted by molar-refractivity contribution is 7.80. The maximum atomic E-state index is 12.2. The highest BCUT2D eigenvalue weighted by Crippen LogP contribution is 2.36. The molecule has 4 rings (SSSR count). The summed E-state index contributed by atoms with van der Waals surface area (Å²) in [5.74, 6) is -0.388. The highest BCUT2D eigenvalue weighted by Gasteiger charge is 2.19. The first kappa shape index (κ1) is 18.7. The van der Waals surface area contributed by atoms with Crippen LogP contribution in [0.2, 0.25) is 0 Å². The molecule has 0 fully saturated rings. The van der Waals surface area contributed by atoms with Gasteiger partial charge in [-0.2, -0.15) is 0 Å². The van der Waals surface area contributed by atoms with E-state index < -0.39 is 0 Å². The molecule has 0 aliphatic heterocycles. The average Bonchev–Trinajstić information content (AvgIpc) is 3.34. The lowest BCUT2D eigenvalue weighted by Gasteiger charge is -2.11. The fourth-order valence-corrected chi connectivity index (χ4v) is 4.75. The van der Waals surface area contributed by atoms with Crippen LogP contribution in [0.5, 0.6) is 0 Å². The van der Waals surface area contributed by atoms with Gasteiger partial charge in [-0.3, -0.25) is 0 Å². The number of thiocarbonyl (C=S) groups is 1. The summed E-state index contributed by atoms with van der Waals surface area (Å²) in [6.07, 6.45) is 3.47. The minimum Gasteiger partial charge on any atom is -0.465 e. The van der Waals surface area contributed by atoms with Crippen molar-refractivity contribution in [1.82, 2.24) is 0 Å². The van der Waals surface area contributed by atoms with E-state index in [-0.39, 0.29) is 5.97 Å². The van der Waals surface area contributed by atoms with Crippen molar-refractivity contribution in [2.24, 2.45) is 0 Å². The number of fused-ring (bicyclic) bond motifs is 1. The summed E-state index contributed by atoms with van der Waals surface area (Å²) in [5, 5.41) is 7.52. The van der Waals surface area contributed by atoms with Crippen LogP contribution < -0.4 is 10.6 Å². The smallest absolute Gasteiger partial charge is 0.340 e. The fourth-order valence-electron chi connectivity index (χ4n) is 3.41. The van der Waals surface area contributed by atoms with Gasteiger partial charge < -0.3 is 15.4 Å². The molecule has 0 unspecified atom stereocenters. The van der Waals surface area contributed by atoms with Crippen LogP contribution in [-0.4, -0.2) is 18.2 Å². The lowest BCUT2D eigenvalue weighted by Crippen LogP contribution is -2.20. The lowest BCUT2D eigenvalue weighted by molar-refractivity contribution is 0.0602. The van der Waals surface area contributed by atoms with Gasteiger partial charge in [0.25, 0.3) is 0 Å². The molecule has 0 spiro atoms. The van der Waals surface area contributed by atoms with Crippen LogP contribution >= 0.6 is 23.6 Å². The van der Waals surface area contributed by atoms with E-state index in [4.69, 9.17) is 17.0 Å². The van der Waals surface area contributed by atoms with Crippen LogP contribution in [0, 0.1) is 0 Å². The van der Waals surface area contributed by atoms with Crippen LogP contribution in [0.1, 0.15) is 27.9 Å². The number of thiophene rings is 1. The zero-order valence-corrected chi connectivity index (χ0v) is 17.1. The second kappa shape index (κ2) is 8.12. The summed E-state index contributed by atoms with van der Waals surface area (Å²) in [7, 11) is 1.38. The molecule has 1 aliphatic rings. The fraction of sp³-hybridized carbons (Fsp3) is 0.182. The van der Waals surface area contributed by atoms with Crippen molar-refractivity contribution < 1.29 is 9.53 Å². The molecule has 1 heterocycles. The molecular weight excluding hydrogens is 388 g/mol. The molecule has 6 heteroatoms. The molecule has 2 N–H and O–H groups in total. The Morgan fingerprint density at radius 3 is 2.61 bits per heavy atom. The normalized spacial score (nSPS) is 12.3. The zero-order chi connectivity index (χ0) is 19.5. The number of benzene rings is 2. The first-order chi connectivity index (χ1) is 13.6. The number of hydrogen-bond acceptors (Lipinski definition) is 4. The molecule has 2 aromatic carbocycles. The van der Waals surface area contributed by atoms with Crippen molar-refractivity contribution in [1.29, 1.82) is 0 Å². The molecule has 0 saturated carbocycles. The van der Waals surface area contributed by atoms with Gasteiger partial charge in [0.15, 0.2) is 5.11 Å². The van der Waals surface area contributed by atoms with Gasteiger partial charge in [0.1, 0.15) is 5.00 Å². The van der Waals surface area contributed by atoms with Gasteiger partial charge in [0.2, 0.25) is 0 Å². The lowest BCUT2D eigenvalue weighted by atomic mass is 10.1. The van der Waals surface area contributed by atoms with Gasteiger partial charge in [-0.1, -0.05) is 36.4 Å². The number of carbonyl (C=O) groups is 1. The molecule has 0 bridgehead atoms. The van der Waals surface area contributed by atoms with Gasteiger partial charge in [-0.05, 0) is 66.4 Å². The van der Waals surface area contributed by atoms with Crippen molar-refractivity contribution in [3.63, 3.8) is 0 Å². The van der Waals surface area contributed by atoms with E-state index in [0.717, 1.165) is 29.0 Å². The third-order valence-electron chi connectivity index (χ3n) is 4.78. The van der Waals surface area contributed by atoms with Crippen LogP contribution in [0.15, 0.2) is 54.6 Å². The third kappa shape index (κ3) is 3.93. The van der Waals surface area contributed by atoms with E-state index in [9.17, 15) is 4.79 Å². The highest BCUT2D eigenvalue weighted by atomic mass is 32.1. The summed E-state index contributed by atoms with van der Waals surface area (Å²) in [6.45, 7) is 0. The minimum atomic E-state index is -0.388. The molecule has 3 aromatic rings. The van der Waals surface area contributed by atoms with E-state index in [1.54, 1.807) is 0 Å². The average molecular weight is 409 g/mol. The van der Waals surface area contributed by atoms with Crippen LogP contribution in [0.25, 0.3) is 10.4 Å². The van der Waals surface area contributed by atoms with Crippen molar-refractivity contribution in [3.8, 4) is 10.4 Å². The molecule has 28 heavy (non-hydrogen) atoms. The summed E-state index contributed by atoms with van der Waals surface area (Å²) < 4.78 is 4.94. The predicted molar refractivity (Wildman–Crippen MR) is 119 cm³/mol. The number of hydrogen-bond donors (Lipinski definition) is 2. The van der Waals surface area contributed by atoms with Gasteiger partial charge in [0.05, 0.1) is 12.7 Å². The third-order valence-corrected chi connectivity index (χ3v) is 6.08. The van der Waals surface area contributed by atoms with Crippen molar-refractivity contribution in [3.05, 3.63) is 71.3 Å². The molecular formula is C22H20N2O2S2. The Labute approximate surface area is 173 Å². The Bertz CT molecular complexity index is 1030.